The first-order valence-corrected chi connectivity index (χ1v) is 16.4. The van der Waals surface area contributed by atoms with Crippen LogP contribution in [0.3, 0.4) is 0 Å². The molecule has 0 N–H and O–H groups in total. The van der Waals surface area contributed by atoms with E-state index in [0.29, 0.717) is 0 Å². The number of rotatable bonds is 7. The Labute approximate surface area is 323 Å². The van der Waals surface area contributed by atoms with Gasteiger partial charge in [0.2, 0.25) is 0 Å². The van der Waals surface area contributed by atoms with Crippen molar-refractivity contribution in [2.24, 2.45) is 0 Å². The standard InChI is InChI=1S/C46H34N2.2W/c1-33-17-25-39(26-18-33)47(45-15-7-11-37-9-3-5-13-43(37)45)41-29-21-35(22-30-41)36-23-31-42(32-24-36)48(40-27-19-34(2)20-28-40)46-16-8-12-38-10-4-6-14-44(38)46;;/h3-10,13-32H,1-2H3;;/q-2;;. The van der Waals surface area contributed by atoms with Crippen molar-refractivity contribution in [2.75, 3.05) is 9.80 Å². The minimum Gasteiger partial charge on any atom is -0.328 e. The Morgan fingerprint density at radius 1 is 0.360 bits per heavy atom. The number of anilines is 6. The first-order chi connectivity index (χ1) is 23.6. The fourth-order valence-corrected chi connectivity index (χ4v) is 6.50. The van der Waals surface area contributed by atoms with E-state index in [1.54, 1.807) is 0 Å². The maximum Gasteiger partial charge on any atom is 0.0444 e. The van der Waals surface area contributed by atoms with E-state index >= 15 is 0 Å². The second-order valence-electron chi connectivity index (χ2n) is 12.3. The minimum atomic E-state index is 0. The van der Waals surface area contributed by atoms with Gasteiger partial charge in [-0.25, -0.2) is 0 Å². The van der Waals surface area contributed by atoms with Crippen LogP contribution in [0.15, 0.2) is 170 Å². The van der Waals surface area contributed by atoms with Gasteiger partial charge in [0.05, 0.1) is 0 Å². The van der Waals surface area contributed by atoms with Gasteiger partial charge in [0.1, 0.15) is 0 Å². The zero-order valence-electron chi connectivity index (χ0n) is 27.9. The van der Waals surface area contributed by atoms with E-state index < -0.39 is 0 Å². The van der Waals surface area contributed by atoms with Crippen molar-refractivity contribution in [1.82, 2.24) is 0 Å². The second-order valence-corrected chi connectivity index (χ2v) is 12.3. The molecular weight excluding hydrogens is 948 g/mol. The summed E-state index contributed by atoms with van der Waals surface area (Å²) in [6.45, 7) is 4.25. The van der Waals surface area contributed by atoms with Crippen molar-refractivity contribution in [2.45, 2.75) is 13.8 Å². The maximum atomic E-state index is 3.40. The van der Waals surface area contributed by atoms with Crippen molar-refractivity contribution in [3.8, 4) is 11.1 Å². The van der Waals surface area contributed by atoms with Gasteiger partial charge in [0.25, 0.3) is 0 Å². The molecule has 2 nitrogen and oxygen atoms in total. The largest absolute Gasteiger partial charge is 0.328 e. The van der Waals surface area contributed by atoms with E-state index in [1.165, 1.54) is 33.0 Å². The van der Waals surface area contributed by atoms with Gasteiger partial charge in [0, 0.05) is 64.9 Å². The summed E-state index contributed by atoms with van der Waals surface area (Å²) in [6.07, 6.45) is 0. The van der Waals surface area contributed by atoms with Gasteiger partial charge >= 0.3 is 0 Å². The molecule has 0 amide bonds. The number of fused-ring (bicyclic) bond motifs is 2. The van der Waals surface area contributed by atoms with Crippen LogP contribution in [0, 0.1) is 26.0 Å². The van der Waals surface area contributed by atoms with Crippen LogP contribution in [-0.2, 0) is 42.1 Å². The SMILES string of the molecule is Cc1ccc(N(c2ccc(-c3ccc(N(c4ccc(C)cc4)c4cc[c-]c5ccccc45)cc3)cc2)c2cc[c-]c3ccccc23)cc1.[W].[W]. The molecule has 0 saturated carbocycles. The summed E-state index contributed by atoms with van der Waals surface area (Å²) in [5.41, 5.74) is 11.5. The summed E-state index contributed by atoms with van der Waals surface area (Å²) in [6, 6.07) is 67.3. The number of hydrogen-bond acceptors (Lipinski definition) is 2. The van der Waals surface area contributed by atoms with Crippen molar-refractivity contribution in [3.05, 3.63) is 193 Å². The summed E-state index contributed by atoms with van der Waals surface area (Å²) < 4.78 is 0. The molecule has 0 aliphatic carbocycles. The van der Waals surface area contributed by atoms with Crippen LogP contribution in [0.2, 0.25) is 0 Å². The molecule has 0 spiro atoms. The summed E-state index contributed by atoms with van der Waals surface area (Å²) in [5.74, 6) is 0. The Morgan fingerprint density at radius 2 is 0.680 bits per heavy atom. The van der Waals surface area contributed by atoms with Crippen LogP contribution in [0.1, 0.15) is 11.1 Å². The van der Waals surface area contributed by atoms with Crippen LogP contribution in [0.4, 0.5) is 34.1 Å². The van der Waals surface area contributed by atoms with Gasteiger partial charge in [-0.1, -0.05) is 94.7 Å². The van der Waals surface area contributed by atoms with Gasteiger partial charge < -0.3 is 9.80 Å². The zero-order chi connectivity index (χ0) is 32.5. The predicted molar refractivity (Wildman–Crippen MR) is 203 cm³/mol. The fourth-order valence-electron chi connectivity index (χ4n) is 6.50. The number of aryl methyl sites for hydroxylation is 2. The van der Waals surface area contributed by atoms with E-state index in [2.05, 4.69) is 194 Å². The molecule has 0 saturated heterocycles. The second kappa shape index (κ2) is 15.4. The van der Waals surface area contributed by atoms with Gasteiger partial charge in [-0.3, -0.25) is 0 Å². The molecule has 0 radical (unpaired) electrons. The third-order valence-electron chi connectivity index (χ3n) is 9.02. The third-order valence-corrected chi connectivity index (χ3v) is 9.02. The molecule has 4 heteroatoms. The van der Waals surface area contributed by atoms with Gasteiger partial charge in [0.15, 0.2) is 0 Å². The maximum absolute atomic E-state index is 3.40. The molecule has 0 bridgehead atoms. The molecule has 50 heavy (non-hydrogen) atoms. The summed E-state index contributed by atoms with van der Waals surface area (Å²) in [7, 11) is 0. The molecule has 0 aliphatic rings. The molecule has 0 aromatic heterocycles. The Bertz CT molecular complexity index is 2170. The third kappa shape index (κ3) is 6.97. The van der Waals surface area contributed by atoms with Crippen molar-refractivity contribution in [1.29, 1.82) is 0 Å². The normalized spacial score (nSPS) is 10.7. The molecule has 0 heterocycles. The Morgan fingerprint density at radius 3 is 1.04 bits per heavy atom. The van der Waals surface area contributed by atoms with Crippen LogP contribution in [0.5, 0.6) is 0 Å². The molecule has 0 aliphatic heterocycles. The molecular formula is C46H34N2W2-2. The van der Waals surface area contributed by atoms with Gasteiger partial charge in [-0.15, -0.1) is 71.4 Å². The van der Waals surface area contributed by atoms with Crippen molar-refractivity contribution < 1.29 is 42.1 Å². The van der Waals surface area contributed by atoms with Gasteiger partial charge in [-0.2, -0.15) is 0 Å². The van der Waals surface area contributed by atoms with E-state index in [-0.39, 0.29) is 42.1 Å². The average molecular weight is 982 g/mol. The van der Waals surface area contributed by atoms with E-state index in [0.717, 1.165) is 44.9 Å². The summed E-state index contributed by atoms with van der Waals surface area (Å²) in [4.78, 5) is 4.67. The Kier molecular flexibility index (Phi) is 10.8. The quantitative estimate of drug-likeness (QED) is 0.147. The molecule has 8 aromatic carbocycles. The van der Waals surface area contributed by atoms with Crippen molar-refractivity contribution >= 4 is 55.7 Å². The van der Waals surface area contributed by atoms with E-state index in [4.69, 9.17) is 0 Å². The van der Waals surface area contributed by atoms with Crippen LogP contribution < -0.4 is 9.80 Å². The molecule has 0 atom stereocenters. The topological polar surface area (TPSA) is 6.48 Å². The molecule has 0 unspecified atom stereocenters. The average Bonchev–Trinajstić information content (AvgIpc) is 3.14. The first kappa shape index (κ1) is 35.1. The monoisotopic (exact) mass is 982 g/mol. The molecule has 0 fully saturated rings. The van der Waals surface area contributed by atoms with Gasteiger partial charge in [-0.05, 0) is 84.9 Å². The Hall–Kier alpha value is -4.74. The van der Waals surface area contributed by atoms with E-state index in [1.807, 2.05) is 12.1 Å². The van der Waals surface area contributed by atoms with E-state index in [9.17, 15) is 0 Å². The number of nitrogens with zero attached hydrogens (tertiary/aromatic N) is 2. The van der Waals surface area contributed by atoms with Crippen LogP contribution >= 0.6 is 0 Å². The fraction of sp³-hybridized carbons (Fsp3) is 0.0435. The minimum absolute atomic E-state index is 0. The molecule has 8 rings (SSSR count). The number of benzene rings is 8. The molecule has 242 valence electrons. The zero-order valence-corrected chi connectivity index (χ0v) is 33.7. The first-order valence-electron chi connectivity index (χ1n) is 16.4. The number of hydrogen-bond donors (Lipinski definition) is 0. The van der Waals surface area contributed by atoms with Crippen LogP contribution in [0.25, 0.3) is 32.7 Å². The smallest absolute Gasteiger partial charge is 0.0444 e. The summed E-state index contributed by atoms with van der Waals surface area (Å²) in [5, 5.41) is 4.54. The predicted octanol–water partition coefficient (Wildman–Crippen LogP) is 12.8. The van der Waals surface area contributed by atoms with Crippen molar-refractivity contribution in [3.63, 3.8) is 0 Å². The Balaban J connectivity index is 0.00000216. The summed E-state index contributed by atoms with van der Waals surface area (Å²) >= 11 is 0. The molecule has 8 aromatic rings. The van der Waals surface area contributed by atoms with Crippen LogP contribution in [-0.4, -0.2) is 0 Å².